The van der Waals surface area contributed by atoms with Gasteiger partial charge in [0.2, 0.25) is 0 Å². The number of aliphatic hydroxyl groups is 1. The van der Waals surface area contributed by atoms with E-state index in [9.17, 15) is 5.11 Å². The van der Waals surface area contributed by atoms with Gasteiger partial charge in [-0.3, -0.25) is 0 Å². The van der Waals surface area contributed by atoms with Gasteiger partial charge in [-0.2, -0.15) is 0 Å². The van der Waals surface area contributed by atoms with Crippen LogP contribution >= 0.6 is 0 Å². The second-order valence-electron chi connectivity index (χ2n) is 4.40. The van der Waals surface area contributed by atoms with E-state index < -0.39 is 0 Å². The van der Waals surface area contributed by atoms with E-state index in [0.29, 0.717) is 19.1 Å². The summed E-state index contributed by atoms with van der Waals surface area (Å²) in [5.74, 6) is 0.302. The maximum atomic E-state index is 9.62. The molecule has 1 fully saturated rings. The summed E-state index contributed by atoms with van der Waals surface area (Å²) in [4.78, 5) is 0. The van der Waals surface area contributed by atoms with Gasteiger partial charge in [0, 0.05) is 12.5 Å². The molecule has 11 heavy (non-hydrogen) atoms. The van der Waals surface area contributed by atoms with E-state index in [-0.39, 0.29) is 11.5 Å². The van der Waals surface area contributed by atoms with Gasteiger partial charge in [0.25, 0.3) is 0 Å². The Labute approximate surface area is 68.6 Å². The Morgan fingerprint density at radius 3 is 2.36 bits per heavy atom. The first-order chi connectivity index (χ1) is 5.02. The van der Waals surface area contributed by atoms with Crippen molar-refractivity contribution in [3.63, 3.8) is 0 Å². The van der Waals surface area contributed by atoms with Crippen LogP contribution in [0.15, 0.2) is 0 Å². The van der Waals surface area contributed by atoms with Gasteiger partial charge in [0.15, 0.2) is 0 Å². The molecule has 1 aliphatic rings. The number of ether oxygens (including phenoxy) is 1. The van der Waals surface area contributed by atoms with Crippen molar-refractivity contribution in [2.24, 2.45) is 11.3 Å². The Hall–Kier alpha value is -0.0800. The summed E-state index contributed by atoms with van der Waals surface area (Å²) in [6.45, 7) is 7.87. The van der Waals surface area contributed by atoms with Crippen molar-refractivity contribution in [2.45, 2.75) is 33.3 Å². The third-order valence-electron chi connectivity index (χ3n) is 2.43. The fourth-order valence-corrected chi connectivity index (χ4v) is 1.55. The highest BCUT2D eigenvalue weighted by atomic mass is 16.5. The van der Waals surface area contributed by atoms with Gasteiger partial charge in [-0.15, -0.1) is 0 Å². The largest absolute Gasteiger partial charge is 0.393 e. The van der Waals surface area contributed by atoms with E-state index in [0.717, 1.165) is 6.42 Å². The van der Waals surface area contributed by atoms with E-state index in [1.807, 2.05) is 0 Å². The summed E-state index contributed by atoms with van der Waals surface area (Å²) >= 11 is 0. The molecule has 1 aliphatic heterocycles. The van der Waals surface area contributed by atoms with Crippen LogP contribution in [0.4, 0.5) is 0 Å². The minimum Gasteiger partial charge on any atom is -0.393 e. The fraction of sp³-hybridized carbons (Fsp3) is 1.00. The Morgan fingerprint density at radius 1 is 1.36 bits per heavy atom. The van der Waals surface area contributed by atoms with Crippen molar-refractivity contribution in [1.29, 1.82) is 0 Å². The summed E-state index contributed by atoms with van der Waals surface area (Å²) in [5, 5.41) is 9.62. The van der Waals surface area contributed by atoms with E-state index >= 15 is 0 Å². The third-order valence-corrected chi connectivity index (χ3v) is 2.43. The van der Waals surface area contributed by atoms with Crippen molar-refractivity contribution in [2.75, 3.05) is 13.2 Å². The zero-order valence-corrected chi connectivity index (χ0v) is 7.63. The fourth-order valence-electron chi connectivity index (χ4n) is 1.55. The first-order valence-electron chi connectivity index (χ1n) is 4.27. The van der Waals surface area contributed by atoms with Crippen molar-refractivity contribution in [3.05, 3.63) is 0 Å². The average molecular weight is 158 g/mol. The van der Waals surface area contributed by atoms with Crippen molar-refractivity contribution in [3.8, 4) is 0 Å². The third kappa shape index (κ3) is 2.17. The van der Waals surface area contributed by atoms with E-state index in [1.54, 1.807) is 0 Å². The van der Waals surface area contributed by atoms with Crippen LogP contribution in [0.3, 0.4) is 0 Å². The molecule has 1 N–H and O–H groups in total. The normalized spacial score (nSPS) is 33.8. The lowest BCUT2D eigenvalue weighted by atomic mass is 9.76. The molecule has 2 nitrogen and oxygen atoms in total. The van der Waals surface area contributed by atoms with Gasteiger partial charge < -0.3 is 9.84 Å². The Balaban J connectivity index is 2.55. The Morgan fingerprint density at radius 2 is 2.00 bits per heavy atom. The van der Waals surface area contributed by atoms with Gasteiger partial charge in [-0.25, -0.2) is 0 Å². The molecular formula is C9H18O2. The predicted molar refractivity (Wildman–Crippen MR) is 44.4 cm³/mol. The molecule has 0 radical (unpaired) electrons. The van der Waals surface area contributed by atoms with Crippen LogP contribution in [0.5, 0.6) is 0 Å². The lowest BCUT2D eigenvalue weighted by Crippen LogP contribution is -2.40. The predicted octanol–water partition coefficient (Wildman–Crippen LogP) is 1.43. The number of hydrogen-bond donors (Lipinski definition) is 1. The van der Waals surface area contributed by atoms with Crippen LogP contribution in [0.2, 0.25) is 0 Å². The Bertz CT molecular complexity index is 126. The first-order valence-corrected chi connectivity index (χ1v) is 4.27. The summed E-state index contributed by atoms with van der Waals surface area (Å²) < 4.78 is 5.32. The van der Waals surface area contributed by atoms with Crippen molar-refractivity contribution in [1.82, 2.24) is 0 Å². The van der Waals surface area contributed by atoms with Gasteiger partial charge in [-0.05, 0) is 11.8 Å². The van der Waals surface area contributed by atoms with Crippen LogP contribution in [0, 0.1) is 11.3 Å². The summed E-state index contributed by atoms with van der Waals surface area (Å²) in [7, 11) is 0. The molecule has 0 aliphatic carbocycles. The maximum Gasteiger partial charge on any atom is 0.0617 e. The molecule has 0 spiro atoms. The molecule has 0 aromatic heterocycles. The molecule has 2 heteroatoms. The zero-order valence-electron chi connectivity index (χ0n) is 7.63. The summed E-state index contributed by atoms with van der Waals surface area (Å²) in [6, 6.07) is 0. The summed E-state index contributed by atoms with van der Waals surface area (Å²) in [6.07, 6.45) is 0.630. The lowest BCUT2D eigenvalue weighted by molar-refractivity contribution is -0.0749. The van der Waals surface area contributed by atoms with Crippen molar-refractivity contribution < 1.29 is 9.84 Å². The van der Waals surface area contributed by atoms with Crippen LogP contribution in [0.25, 0.3) is 0 Å². The van der Waals surface area contributed by atoms with Gasteiger partial charge in [0.1, 0.15) is 0 Å². The molecule has 1 saturated heterocycles. The van der Waals surface area contributed by atoms with E-state index in [1.165, 1.54) is 0 Å². The minimum absolute atomic E-state index is 0.163. The number of aliphatic hydroxyl groups excluding tert-OH is 1. The van der Waals surface area contributed by atoms with E-state index in [2.05, 4.69) is 20.8 Å². The number of rotatable bonds is 0. The minimum atomic E-state index is -0.163. The Kier molecular flexibility index (Phi) is 2.55. The molecule has 0 aromatic carbocycles. The molecule has 0 aromatic rings. The zero-order chi connectivity index (χ0) is 8.48. The summed E-state index contributed by atoms with van der Waals surface area (Å²) in [5.41, 5.74) is 0.167. The SMILES string of the molecule is CC(C)(C)[C@H]1COCC[C@H]1O. The average Bonchev–Trinajstić information content (AvgIpc) is 1.86. The molecule has 1 rings (SSSR count). The van der Waals surface area contributed by atoms with Crippen LogP contribution < -0.4 is 0 Å². The topological polar surface area (TPSA) is 29.5 Å². The quantitative estimate of drug-likeness (QED) is 0.578. The lowest BCUT2D eigenvalue weighted by Gasteiger charge is -2.37. The monoisotopic (exact) mass is 158 g/mol. The highest BCUT2D eigenvalue weighted by Crippen LogP contribution is 2.32. The van der Waals surface area contributed by atoms with Gasteiger partial charge in [0.05, 0.1) is 12.7 Å². The highest BCUT2D eigenvalue weighted by Gasteiger charge is 2.33. The van der Waals surface area contributed by atoms with Crippen molar-refractivity contribution >= 4 is 0 Å². The standard InChI is InChI=1S/C9H18O2/c1-9(2,3)7-6-11-5-4-8(7)10/h7-8,10H,4-6H2,1-3H3/t7-,8+/m0/s1. The van der Waals surface area contributed by atoms with Gasteiger partial charge >= 0.3 is 0 Å². The molecule has 66 valence electrons. The van der Waals surface area contributed by atoms with E-state index in [4.69, 9.17) is 4.74 Å². The highest BCUT2D eigenvalue weighted by molar-refractivity contribution is 4.82. The van der Waals surface area contributed by atoms with Crippen LogP contribution in [-0.4, -0.2) is 24.4 Å². The molecule has 0 amide bonds. The molecule has 1 heterocycles. The molecule has 2 atom stereocenters. The van der Waals surface area contributed by atoms with Gasteiger partial charge in [-0.1, -0.05) is 20.8 Å². The molecule has 0 saturated carbocycles. The second kappa shape index (κ2) is 3.11. The maximum absolute atomic E-state index is 9.62. The first kappa shape index (κ1) is 9.01. The number of hydrogen-bond acceptors (Lipinski definition) is 2. The molecule has 0 bridgehead atoms. The van der Waals surface area contributed by atoms with Crippen LogP contribution in [0.1, 0.15) is 27.2 Å². The smallest absolute Gasteiger partial charge is 0.0617 e. The molecular weight excluding hydrogens is 140 g/mol. The van der Waals surface area contributed by atoms with Crippen LogP contribution in [-0.2, 0) is 4.74 Å². The second-order valence-corrected chi connectivity index (χ2v) is 4.40. The molecule has 0 unspecified atom stereocenters.